The normalized spacial score (nSPS) is 22.4. The largest absolute Gasteiger partial charge is 0.493 e. The van der Waals surface area contributed by atoms with Gasteiger partial charge >= 0.3 is 0 Å². The van der Waals surface area contributed by atoms with Gasteiger partial charge in [0, 0.05) is 42.1 Å². The number of benzene rings is 1. The Balaban J connectivity index is 0.00000120. The summed E-state index contributed by atoms with van der Waals surface area (Å²) in [7, 11) is 0. The second kappa shape index (κ2) is 5.78. The molecule has 1 aromatic carbocycles. The van der Waals surface area contributed by atoms with Gasteiger partial charge in [0.05, 0.1) is 6.61 Å². The van der Waals surface area contributed by atoms with Gasteiger partial charge in [-0.1, -0.05) is 15.9 Å². The smallest absolute Gasteiger partial charge is 0.127 e. The Kier molecular flexibility index (Phi) is 4.54. The molecule has 0 aromatic heterocycles. The van der Waals surface area contributed by atoms with Gasteiger partial charge < -0.3 is 10.5 Å². The number of fused-ring (bicyclic) bond motifs is 1. The Hall–Kier alpha value is -0.290. The molecular formula is C13H18BrClN2O. The highest BCUT2D eigenvalue weighted by molar-refractivity contribution is 9.10. The van der Waals surface area contributed by atoms with Crippen LogP contribution in [0.15, 0.2) is 16.6 Å². The zero-order valence-electron chi connectivity index (χ0n) is 10.2. The standard InChI is InChI=1S/C13H17BrN2O.ClH/c14-11-5-9-2-4-17-13(9)10(6-11)7-16-3-1-12(15)8-16;/h5-6,12H,1-4,7-8,15H2;1H. The van der Waals surface area contributed by atoms with Crippen molar-refractivity contribution >= 4 is 28.3 Å². The minimum atomic E-state index is 0. The molecule has 5 heteroatoms. The molecule has 0 aliphatic carbocycles. The monoisotopic (exact) mass is 332 g/mol. The average Bonchev–Trinajstić information content (AvgIpc) is 2.87. The molecule has 2 heterocycles. The van der Waals surface area contributed by atoms with Gasteiger partial charge in [-0.2, -0.15) is 0 Å². The first kappa shape index (κ1) is 14.1. The number of likely N-dealkylation sites (tertiary alicyclic amines) is 1. The summed E-state index contributed by atoms with van der Waals surface area (Å²) >= 11 is 3.58. The van der Waals surface area contributed by atoms with Gasteiger partial charge in [0.15, 0.2) is 0 Å². The molecule has 2 N–H and O–H groups in total. The minimum absolute atomic E-state index is 0. The Morgan fingerprint density at radius 2 is 2.28 bits per heavy atom. The van der Waals surface area contributed by atoms with E-state index in [4.69, 9.17) is 10.5 Å². The van der Waals surface area contributed by atoms with Gasteiger partial charge in [0.25, 0.3) is 0 Å². The first-order valence-corrected chi connectivity index (χ1v) is 6.94. The van der Waals surface area contributed by atoms with Crippen molar-refractivity contribution in [1.82, 2.24) is 4.90 Å². The molecule has 0 amide bonds. The molecule has 1 aromatic rings. The molecule has 2 aliphatic rings. The van der Waals surface area contributed by atoms with Crippen LogP contribution in [0.4, 0.5) is 0 Å². The number of hydrogen-bond donors (Lipinski definition) is 1. The maximum Gasteiger partial charge on any atom is 0.127 e. The third kappa shape index (κ3) is 2.82. The molecule has 3 nitrogen and oxygen atoms in total. The van der Waals surface area contributed by atoms with Crippen LogP contribution in [0.5, 0.6) is 5.75 Å². The zero-order chi connectivity index (χ0) is 11.8. The third-order valence-electron chi connectivity index (χ3n) is 3.53. The molecule has 100 valence electrons. The van der Waals surface area contributed by atoms with Gasteiger partial charge in [-0.05, 0) is 24.1 Å². The lowest BCUT2D eigenvalue weighted by Crippen LogP contribution is -2.26. The van der Waals surface area contributed by atoms with E-state index in [1.165, 1.54) is 11.1 Å². The molecule has 0 spiro atoms. The highest BCUT2D eigenvalue weighted by atomic mass is 79.9. The van der Waals surface area contributed by atoms with E-state index < -0.39 is 0 Å². The molecule has 1 fully saturated rings. The average molecular weight is 334 g/mol. The van der Waals surface area contributed by atoms with E-state index in [1.807, 2.05) is 0 Å². The molecule has 2 aliphatic heterocycles. The van der Waals surface area contributed by atoms with E-state index in [2.05, 4.69) is 33.0 Å². The van der Waals surface area contributed by atoms with Crippen molar-refractivity contribution in [2.24, 2.45) is 5.73 Å². The molecule has 0 bridgehead atoms. The van der Waals surface area contributed by atoms with Gasteiger partial charge in [0.2, 0.25) is 0 Å². The molecule has 1 atom stereocenters. The lowest BCUT2D eigenvalue weighted by atomic mass is 10.1. The number of rotatable bonds is 2. The quantitative estimate of drug-likeness (QED) is 0.903. The van der Waals surface area contributed by atoms with Crippen molar-refractivity contribution in [2.75, 3.05) is 19.7 Å². The second-order valence-corrected chi connectivity index (χ2v) is 5.85. The lowest BCUT2D eigenvalue weighted by molar-refractivity contribution is 0.310. The SMILES string of the molecule is Cl.NC1CCN(Cc2cc(Br)cc3c2OCC3)C1. The molecule has 18 heavy (non-hydrogen) atoms. The maximum atomic E-state index is 5.94. The van der Waals surface area contributed by atoms with Gasteiger partial charge in [0.1, 0.15) is 5.75 Å². The predicted molar refractivity (Wildman–Crippen MR) is 78.5 cm³/mol. The van der Waals surface area contributed by atoms with Crippen molar-refractivity contribution < 1.29 is 4.74 Å². The fourth-order valence-electron chi connectivity index (χ4n) is 2.71. The highest BCUT2D eigenvalue weighted by Gasteiger charge is 2.23. The Morgan fingerprint density at radius 3 is 3.00 bits per heavy atom. The van der Waals surface area contributed by atoms with Crippen LogP contribution < -0.4 is 10.5 Å². The van der Waals surface area contributed by atoms with Gasteiger partial charge in [-0.3, -0.25) is 4.90 Å². The summed E-state index contributed by atoms with van der Waals surface area (Å²) in [5.74, 6) is 1.11. The van der Waals surface area contributed by atoms with Gasteiger partial charge in [-0.25, -0.2) is 0 Å². The van der Waals surface area contributed by atoms with Crippen LogP contribution in [0.1, 0.15) is 17.5 Å². The fourth-order valence-corrected chi connectivity index (χ4v) is 3.26. The van der Waals surface area contributed by atoms with Crippen molar-refractivity contribution in [3.8, 4) is 5.75 Å². The number of ether oxygens (including phenoxy) is 1. The van der Waals surface area contributed by atoms with E-state index >= 15 is 0 Å². The van der Waals surface area contributed by atoms with Crippen molar-refractivity contribution in [2.45, 2.75) is 25.4 Å². The number of nitrogens with two attached hydrogens (primary N) is 1. The van der Waals surface area contributed by atoms with E-state index in [-0.39, 0.29) is 12.4 Å². The Morgan fingerprint density at radius 1 is 1.44 bits per heavy atom. The van der Waals surface area contributed by atoms with E-state index in [9.17, 15) is 0 Å². The van der Waals surface area contributed by atoms with Crippen LogP contribution in [0.2, 0.25) is 0 Å². The summed E-state index contributed by atoms with van der Waals surface area (Å²) in [6, 6.07) is 4.69. The van der Waals surface area contributed by atoms with Crippen LogP contribution in [0, 0.1) is 0 Å². The summed E-state index contributed by atoms with van der Waals surface area (Å²) in [4.78, 5) is 2.41. The van der Waals surface area contributed by atoms with E-state index in [0.717, 1.165) is 49.3 Å². The van der Waals surface area contributed by atoms with Crippen LogP contribution >= 0.6 is 28.3 Å². The Labute approximate surface area is 122 Å². The molecular weight excluding hydrogens is 316 g/mol. The summed E-state index contributed by atoms with van der Waals surface area (Å²) in [6.45, 7) is 3.87. The van der Waals surface area contributed by atoms with Crippen molar-refractivity contribution in [3.05, 3.63) is 27.7 Å². The van der Waals surface area contributed by atoms with Crippen molar-refractivity contribution in [1.29, 1.82) is 0 Å². The molecule has 3 rings (SSSR count). The lowest BCUT2D eigenvalue weighted by Gasteiger charge is -2.17. The number of halogens is 2. The fraction of sp³-hybridized carbons (Fsp3) is 0.538. The topological polar surface area (TPSA) is 38.5 Å². The predicted octanol–water partition coefficient (Wildman–Crippen LogP) is 2.34. The summed E-state index contributed by atoms with van der Waals surface area (Å²) in [5, 5.41) is 0. The maximum absolute atomic E-state index is 5.94. The zero-order valence-corrected chi connectivity index (χ0v) is 12.6. The van der Waals surface area contributed by atoms with Gasteiger partial charge in [-0.15, -0.1) is 12.4 Å². The molecule has 1 unspecified atom stereocenters. The molecule has 0 radical (unpaired) electrons. The molecule has 0 saturated carbocycles. The summed E-state index contributed by atoms with van der Waals surface area (Å²) < 4.78 is 6.90. The number of nitrogens with zero attached hydrogens (tertiary/aromatic N) is 1. The van der Waals surface area contributed by atoms with E-state index in [1.54, 1.807) is 0 Å². The van der Waals surface area contributed by atoms with Crippen LogP contribution in [-0.2, 0) is 13.0 Å². The summed E-state index contributed by atoms with van der Waals surface area (Å²) in [6.07, 6.45) is 2.14. The highest BCUT2D eigenvalue weighted by Crippen LogP contribution is 2.34. The van der Waals surface area contributed by atoms with E-state index in [0.29, 0.717) is 6.04 Å². The van der Waals surface area contributed by atoms with Crippen LogP contribution in [0.25, 0.3) is 0 Å². The van der Waals surface area contributed by atoms with Crippen LogP contribution in [0.3, 0.4) is 0 Å². The first-order chi connectivity index (χ1) is 8.22. The second-order valence-electron chi connectivity index (χ2n) is 4.94. The molecule has 1 saturated heterocycles. The third-order valence-corrected chi connectivity index (χ3v) is 3.99. The van der Waals surface area contributed by atoms with Crippen LogP contribution in [-0.4, -0.2) is 30.6 Å². The first-order valence-electron chi connectivity index (χ1n) is 6.14. The minimum Gasteiger partial charge on any atom is -0.493 e. The summed E-state index contributed by atoms with van der Waals surface area (Å²) in [5.41, 5.74) is 8.56. The van der Waals surface area contributed by atoms with Crippen molar-refractivity contribution in [3.63, 3.8) is 0 Å². The Bertz CT molecular complexity index is 441. The number of hydrogen-bond acceptors (Lipinski definition) is 3.